The third-order valence-corrected chi connectivity index (χ3v) is 4.93. The van der Waals surface area contributed by atoms with Crippen LogP contribution in [0, 0.1) is 0 Å². The molecule has 10 heteroatoms. The largest absolute Gasteiger partial charge is 0.389 e. The normalized spacial score (nSPS) is 14.9. The Labute approximate surface area is 115 Å². The number of carbonyl (C=O) groups is 1. The van der Waals surface area contributed by atoms with Crippen LogP contribution in [-0.2, 0) is 14.8 Å². The fraction of sp³-hybridized carbons (Fsp3) is 0.667. The molecule has 0 saturated carbocycles. The maximum absolute atomic E-state index is 11.9. The highest BCUT2D eigenvalue weighted by Crippen LogP contribution is 2.20. The molecule has 0 radical (unpaired) electrons. The maximum atomic E-state index is 11.9. The van der Waals surface area contributed by atoms with E-state index in [0.717, 1.165) is 11.3 Å². The first-order valence-electron chi connectivity index (χ1n) is 5.49. The molecule has 1 aromatic rings. The first-order valence-corrected chi connectivity index (χ1v) is 7.79. The Morgan fingerprint density at radius 2 is 2.11 bits per heavy atom. The molecule has 0 aliphatic carbocycles. The van der Waals surface area contributed by atoms with E-state index in [1.54, 1.807) is 6.92 Å². The molecule has 1 aromatic heterocycles. The number of hydrogen-bond donors (Lipinski definition) is 3. The molecule has 0 aromatic carbocycles. The predicted molar refractivity (Wildman–Crippen MR) is 70.3 cm³/mol. The minimum atomic E-state index is -3.83. The summed E-state index contributed by atoms with van der Waals surface area (Å²) in [5.74, 6) is -0.359. The molecule has 3 N–H and O–H groups in total. The summed E-state index contributed by atoms with van der Waals surface area (Å²) in [6.07, 6.45) is 0.406. The van der Waals surface area contributed by atoms with Gasteiger partial charge in [-0.25, -0.2) is 13.1 Å². The van der Waals surface area contributed by atoms with Gasteiger partial charge in [0.1, 0.15) is 0 Å². The lowest BCUT2D eigenvalue weighted by molar-refractivity contribution is -0.114. The van der Waals surface area contributed by atoms with Crippen molar-refractivity contribution in [2.24, 2.45) is 0 Å². The van der Waals surface area contributed by atoms with Crippen molar-refractivity contribution in [2.75, 3.05) is 11.9 Å². The van der Waals surface area contributed by atoms with Gasteiger partial charge in [-0.1, -0.05) is 18.3 Å². The van der Waals surface area contributed by atoms with Crippen molar-refractivity contribution in [2.45, 2.75) is 37.1 Å². The van der Waals surface area contributed by atoms with Crippen molar-refractivity contribution in [3.05, 3.63) is 0 Å². The van der Waals surface area contributed by atoms with Crippen LogP contribution in [0.5, 0.6) is 0 Å². The van der Waals surface area contributed by atoms with Crippen molar-refractivity contribution in [1.29, 1.82) is 0 Å². The van der Waals surface area contributed by atoms with E-state index >= 15 is 0 Å². The van der Waals surface area contributed by atoms with Gasteiger partial charge in [0.15, 0.2) is 0 Å². The first-order chi connectivity index (χ1) is 8.66. The number of anilines is 1. The van der Waals surface area contributed by atoms with Crippen molar-refractivity contribution in [3.63, 3.8) is 0 Å². The monoisotopic (exact) mass is 308 g/mol. The van der Waals surface area contributed by atoms with Crippen LogP contribution in [0.4, 0.5) is 5.13 Å². The van der Waals surface area contributed by atoms with Gasteiger partial charge in [0.2, 0.25) is 15.4 Å². The number of aliphatic hydroxyl groups is 1. The van der Waals surface area contributed by atoms with E-state index in [-0.39, 0.29) is 21.9 Å². The number of rotatable bonds is 6. The van der Waals surface area contributed by atoms with Gasteiger partial charge in [-0.3, -0.25) is 4.79 Å². The summed E-state index contributed by atoms with van der Waals surface area (Å²) < 4.78 is 25.7. The number of hydrogen-bond acceptors (Lipinski definition) is 7. The number of nitrogens with zero attached hydrogens (tertiary/aromatic N) is 2. The summed E-state index contributed by atoms with van der Waals surface area (Å²) in [5.41, 5.74) is -1.13. The van der Waals surface area contributed by atoms with E-state index in [4.69, 9.17) is 0 Å². The van der Waals surface area contributed by atoms with Gasteiger partial charge >= 0.3 is 0 Å². The minimum absolute atomic E-state index is 0.107. The second-order valence-corrected chi connectivity index (χ2v) is 7.15. The molecule has 1 rings (SSSR count). The molecule has 0 spiro atoms. The molecule has 1 heterocycles. The fourth-order valence-electron chi connectivity index (χ4n) is 0.957. The van der Waals surface area contributed by atoms with Crippen LogP contribution in [0.2, 0.25) is 0 Å². The zero-order chi connectivity index (χ0) is 14.7. The molecule has 1 atom stereocenters. The van der Waals surface area contributed by atoms with Crippen LogP contribution in [0.25, 0.3) is 0 Å². The Balaban J connectivity index is 2.78. The molecule has 19 heavy (non-hydrogen) atoms. The van der Waals surface area contributed by atoms with Crippen LogP contribution >= 0.6 is 11.3 Å². The second kappa shape index (κ2) is 5.90. The highest BCUT2D eigenvalue weighted by molar-refractivity contribution is 7.91. The van der Waals surface area contributed by atoms with Crippen molar-refractivity contribution < 1.29 is 18.3 Å². The summed E-state index contributed by atoms with van der Waals surface area (Å²) in [4.78, 5) is 10.8. The van der Waals surface area contributed by atoms with Gasteiger partial charge in [-0.15, -0.1) is 10.2 Å². The summed E-state index contributed by atoms with van der Waals surface area (Å²) >= 11 is 0.740. The Bertz CT molecular complexity index is 552. The molecule has 108 valence electrons. The zero-order valence-electron chi connectivity index (χ0n) is 10.8. The van der Waals surface area contributed by atoms with Crippen molar-refractivity contribution in [3.8, 4) is 0 Å². The quantitative estimate of drug-likeness (QED) is 0.633. The van der Waals surface area contributed by atoms with E-state index in [0.29, 0.717) is 6.42 Å². The summed E-state index contributed by atoms with van der Waals surface area (Å²) in [6.45, 7) is 4.43. The molecule has 0 aliphatic rings. The molecule has 1 amide bonds. The highest BCUT2D eigenvalue weighted by atomic mass is 32.2. The van der Waals surface area contributed by atoms with Gasteiger partial charge in [0.25, 0.3) is 10.0 Å². The van der Waals surface area contributed by atoms with E-state index in [9.17, 15) is 18.3 Å². The van der Waals surface area contributed by atoms with Crippen LogP contribution in [0.15, 0.2) is 4.34 Å². The average molecular weight is 308 g/mol. The van der Waals surface area contributed by atoms with Gasteiger partial charge in [0.05, 0.1) is 5.60 Å². The Morgan fingerprint density at radius 1 is 1.47 bits per heavy atom. The Morgan fingerprint density at radius 3 is 2.63 bits per heavy atom. The molecular weight excluding hydrogens is 292 g/mol. The second-order valence-electron chi connectivity index (χ2n) is 4.23. The third-order valence-electron chi connectivity index (χ3n) is 2.32. The smallest absolute Gasteiger partial charge is 0.269 e. The van der Waals surface area contributed by atoms with Crippen LogP contribution in [0.3, 0.4) is 0 Å². The maximum Gasteiger partial charge on any atom is 0.269 e. The summed E-state index contributed by atoms with van der Waals surface area (Å²) in [6, 6.07) is 0. The number of amides is 1. The highest BCUT2D eigenvalue weighted by Gasteiger charge is 2.25. The van der Waals surface area contributed by atoms with Crippen LogP contribution in [-0.4, -0.2) is 41.8 Å². The first kappa shape index (κ1) is 16.0. The van der Waals surface area contributed by atoms with Crippen LogP contribution < -0.4 is 10.0 Å². The molecule has 0 fully saturated rings. The lowest BCUT2D eigenvalue weighted by atomic mass is 10.1. The molecule has 0 saturated heterocycles. The van der Waals surface area contributed by atoms with Gasteiger partial charge in [-0.2, -0.15) is 0 Å². The molecule has 0 aliphatic heterocycles. The number of nitrogens with one attached hydrogen (secondary N) is 2. The van der Waals surface area contributed by atoms with E-state index < -0.39 is 15.6 Å². The van der Waals surface area contributed by atoms with E-state index in [1.807, 2.05) is 0 Å². The van der Waals surface area contributed by atoms with E-state index in [1.165, 1.54) is 13.8 Å². The lowest BCUT2D eigenvalue weighted by Gasteiger charge is -2.20. The summed E-state index contributed by atoms with van der Waals surface area (Å²) in [5, 5.41) is 19.2. The summed E-state index contributed by atoms with van der Waals surface area (Å²) in [7, 11) is -3.83. The molecule has 8 nitrogen and oxygen atoms in total. The third kappa shape index (κ3) is 4.82. The molecule has 1 unspecified atom stereocenters. The van der Waals surface area contributed by atoms with Crippen molar-refractivity contribution >= 4 is 32.4 Å². The van der Waals surface area contributed by atoms with Gasteiger partial charge in [0, 0.05) is 13.5 Å². The lowest BCUT2D eigenvalue weighted by Crippen LogP contribution is -2.40. The SMILES string of the molecule is CCC(C)(O)CNS(=O)(=O)c1nnc(NC(C)=O)s1. The molecular formula is C9H16N4O4S2. The van der Waals surface area contributed by atoms with Crippen molar-refractivity contribution in [1.82, 2.24) is 14.9 Å². The topological polar surface area (TPSA) is 121 Å². The minimum Gasteiger partial charge on any atom is -0.389 e. The Hall–Kier alpha value is -1.10. The number of carbonyl (C=O) groups excluding carboxylic acids is 1. The number of sulfonamides is 1. The van der Waals surface area contributed by atoms with Crippen LogP contribution in [0.1, 0.15) is 27.2 Å². The fourth-order valence-corrected chi connectivity index (χ4v) is 3.11. The van der Waals surface area contributed by atoms with E-state index in [2.05, 4.69) is 20.2 Å². The van der Waals surface area contributed by atoms with Gasteiger partial charge < -0.3 is 10.4 Å². The zero-order valence-corrected chi connectivity index (χ0v) is 12.4. The number of aromatic nitrogens is 2. The molecule has 0 bridgehead atoms. The predicted octanol–water partition coefficient (Wildman–Crippen LogP) is -0.0642. The standard InChI is InChI=1S/C9H16N4O4S2/c1-4-9(3,15)5-10-19(16,17)8-13-12-7(18-8)11-6(2)14/h10,15H,4-5H2,1-3H3,(H,11,12,14). The Kier molecular flexibility index (Phi) is 4.96. The van der Waals surface area contributed by atoms with Gasteiger partial charge in [-0.05, 0) is 13.3 Å². The average Bonchev–Trinajstić information content (AvgIpc) is 2.75.